The third-order valence-corrected chi connectivity index (χ3v) is 7.73. The van der Waals surface area contributed by atoms with Crippen molar-refractivity contribution < 1.29 is 14.2 Å². The second-order valence-corrected chi connectivity index (χ2v) is 8.91. The van der Waals surface area contributed by atoms with Crippen molar-refractivity contribution in [3.8, 4) is 29.4 Å². The minimum absolute atomic E-state index is 0.278. The molecule has 0 bridgehead atoms. The van der Waals surface area contributed by atoms with Crippen LogP contribution in [0.3, 0.4) is 0 Å². The fourth-order valence-corrected chi connectivity index (χ4v) is 6.42. The van der Waals surface area contributed by atoms with E-state index in [1.807, 2.05) is 12.1 Å². The molecule has 3 fully saturated rings. The first-order valence-electron chi connectivity index (χ1n) is 11.0. The molecule has 1 aromatic rings. The summed E-state index contributed by atoms with van der Waals surface area (Å²) >= 11 is 0. The van der Waals surface area contributed by atoms with Gasteiger partial charge in [-0.25, -0.2) is 0 Å². The van der Waals surface area contributed by atoms with E-state index in [1.165, 1.54) is 0 Å². The Morgan fingerprint density at radius 2 is 1.33 bits per heavy atom. The van der Waals surface area contributed by atoms with Gasteiger partial charge in [0.25, 0.3) is 0 Å². The summed E-state index contributed by atoms with van der Waals surface area (Å²) in [5.41, 5.74) is -0.523. The van der Waals surface area contributed by atoms with Gasteiger partial charge in [0.15, 0.2) is 11.5 Å². The van der Waals surface area contributed by atoms with Crippen LogP contribution in [0, 0.1) is 34.5 Å². The van der Waals surface area contributed by atoms with Crippen molar-refractivity contribution in [2.45, 2.75) is 68.9 Å². The molecule has 4 rings (SSSR count). The topological polar surface area (TPSA) is 78.5 Å². The molecule has 1 aliphatic heterocycles. The van der Waals surface area contributed by atoms with Gasteiger partial charge in [0.2, 0.25) is 5.75 Å². The van der Waals surface area contributed by atoms with Crippen LogP contribution in [-0.2, 0) is 0 Å². The van der Waals surface area contributed by atoms with Gasteiger partial charge in [0.1, 0.15) is 11.1 Å². The fraction of sp³-hybridized carbons (Fsp3) is 0.667. The average molecular weight is 410 g/mol. The maximum atomic E-state index is 10.6. The zero-order chi connectivity index (χ0) is 21.4. The maximum absolute atomic E-state index is 10.6. The normalized spacial score (nSPS) is 32.8. The van der Waals surface area contributed by atoms with E-state index in [9.17, 15) is 10.5 Å². The molecule has 0 amide bonds. The summed E-state index contributed by atoms with van der Waals surface area (Å²) in [6.45, 7) is 0. The Kier molecular flexibility index (Phi) is 5.45. The van der Waals surface area contributed by atoms with E-state index >= 15 is 0 Å². The van der Waals surface area contributed by atoms with Gasteiger partial charge in [-0.15, -0.1) is 0 Å². The number of piperidine rings is 1. The molecular weight excluding hydrogens is 378 g/mol. The summed E-state index contributed by atoms with van der Waals surface area (Å²) in [7, 11) is 4.79. The van der Waals surface area contributed by atoms with Crippen LogP contribution in [0.1, 0.15) is 57.8 Å². The molecule has 1 heterocycles. The number of nitriles is 2. The molecule has 160 valence electrons. The molecule has 2 saturated carbocycles. The van der Waals surface area contributed by atoms with E-state index in [-0.39, 0.29) is 11.8 Å². The van der Waals surface area contributed by atoms with Gasteiger partial charge in [0, 0.05) is 17.8 Å². The fourth-order valence-electron chi connectivity index (χ4n) is 6.42. The van der Waals surface area contributed by atoms with Gasteiger partial charge < -0.3 is 19.1 Å². The second-order valence-electron chi connectivity index (χ2n) is 8.91. The highest BCUT2D eigenvalue weighted by Gasteiger charge is 2.62. The van der Waals surface area contributed by atoms with E-state index in [1.54, 1.807) is 21.3 Å². The largest absolute Gasteiger partial charge is 0.493 e. The van der Waals surface area contributed by atoms with E-state index in [2.05, 4.69) is 17.0 Å². The summed E-state index contributed by atoms with van der Waals surface area (Å²) < 4.78 is 16.8. The molecule has 1 saturated heterocycles. The molecule has 0 radical (unpaired) electrons. The average Bonchev–Trinajstić information content (AvgIpc) is 2.81. The quantitative estimate of drug-likeness (QED) is 0.709. The first kappa shape index (κ1) is 20.7. The number of hydrogen-bond acceptors (Lipinski definition) is 6. The number of nitrogens with zero attached hydrogens (tertiary/aromatic N) is 3. The van der Waals surface area contributed by atoms with Gasteiger partial charge in [0.05, 0.1) is 33.5 Å². The van der Waals surface area contributed by atoms with Crippen LogP contribution in [0.2, 0.25) is 0 Å². The molecule has 0 spiro atoms. The van der Waals surface area contributed by atoms with Gasteiger partial charge in [-0.05, 0) is 43.9 Å². The minimum Gasteiger partial charge on any atom is -0.493 e. The number of hydrogen-bond donors (Lipinski definition) is 0. The van der Waals surface area contributed by atoms with Crippen molar-refractivity contribution in [2.75, 3.05) is 26.2 Å². The summed E-state index contributed by atoms with van der Waals surface area (Å²) in [4.78, 5) is 2.20. The van der Waals surface area contributed by atoms with E-state index < -0.39 is 11.1 Å². The molecule has 3 aliphatic rings. The van der Waals surface area contributed by atoms with Crippen molar-refractivity contribution in [1.82, 2.24) is 0 Å². The number of ether oxygens (including phenoxy) is 3. The number of benzene rings is 1. The highest BCUT2D eigenvalue weighted by molar-refractivity contribution is 5.68. The standard InChI is InChI=1S/C24H31N3O3/c1-28-20-13-19(14-21(29-2)22(20)30-3)27-23(15-25)10-6-4-8-17(23)12-18-9-5-7-11-24(18,27)16-26/h13-14,17-18H,4-12H2,1-3H3/t17-,18+,23-,24-/m0/s1. The Morgan fingerprint density at radius 1 is 0.833 bits per heavy atom. The van der Waals surface area contributed by atoms with Crippen molar-refractivity contribution >= 4 is 5.69 Å². The molecule has 4 atom stereocenters. The summed E-state index contributed by atoms with van der Waals surface area (Å²) in [6, 6.07) is 9.29. The molecule has 0 unspecified atom stereocenters. The highest BCUT2D eigenvalue weighted by atomic mass is 16.5. The van der Waals surface area contributed by atoms with Crippen molar-refractivity contribution in [2.24, 2.45) is 11.8 Å². The smallest absolute Gasteiger partial charge is 0.203 e. The molecule has 6 nitrogen and oxygen atoms in total. The first-order chi connectivity index (χ1) is 14.6. The van der Waals surface area contributed by atoms with Crippen LogP contribution in [0.15, 0.2) is 12.1 Å². The molecular formula is C24H31N3O3. The lowest BCUT2D eigenvalue weighted by Gasteiger charge is -2.62. The van der Waals surface area contributed by atoms with Gasteiger partial charge in [-0.2, -0.15) is 10.5 Å². The lowest BCUT2D eigenvalue weighted by Crippen LogP contribution is -2.71. The Labute approximate surface area is 179 Å². The van der Waals surface area contributed by atoms with Crippen molar-refractivity contribution in [3.05, 3.63) is 12.1 Å². The number of anilines is 1. The van der Waals surface area contributed by atoms with Crippen molar-refractivity contribution in [1.29, 1.82) is 10.5 Å². The molecule has 6 heteroatoms. The van der Waals surface area contributed by atoms with Crippen LogP contribution < -0.4 is 19.1 Å². The maximum Gasteiger partial charge on any atom is 0.203 e. The predicted molar refractivity (Wildman–Crippen MR) is 114 cm³/mol. The lowest BCUT2D eigenvalue weighted by atomic mass is 9.57. The number of rotatable bonds is 4. The van der Waals surface area contributed by atoms with Crippen LogP contribution >= 0.6 is 0 Å². The Bertz CT molecular complexity index is 824. The van der Waals surface area contributed by atoms with Crippen LogP contribution in [0.25, 0.3) is 0 Å². The van der Waals surface area contributed by atoms with Gasteiger partial charge in [-0.1, -0.05) is 25.7 Å². The SMILES string of the molecule is COc1cc(N2[C@]3(C#N)CCCC[C@@H]3C[C@@H]3CCCC[C@]32C#N)cc(OC)c1OC. The zero-order valence-corrected chi connectivity index (χ0v) is 18.2. The highest BCUT2D eigenvalue weighted by Crippen LogP contribution is 2.58. The third-order valence-electron chi connectivity index (χ3n) is 7.73. The van der Waals surface area contributed by atoms with E-state index in [4.69, 9.17) is 14.2 Å². The summed E-state index contributed by atoms with van der Waals surface area (Å²) in [5.74, 6) is 2.19. The van der Waals surface area contributed by atoms with E-state index in [0.29, 0.717) is 17.2 Å². The molecule has 0 N–H and O–H groups in total. The molecule has 1 aromatic carbocycles. The van der Waals surface area contributed by atoms with E-state index in [0.717, 1.165) is 63.5 Å². The molecule has 30 heavy (non-hydrogen) atoms. The lowest BCUT2D eigenvalue weighted by molar-refractivity contribution is 0.0614. The minimum atomic E-state index is -0.674. The monoisotopic (exact) mass is 409 g/mol. The summed E-state index contributed by atoms with van der Waals surface area (Å²) in [6.07, 6.45) is 8.99. The zero-order valence-electron chi connectivity index (χ0n) is 18.2. The number of fused-ring (bicyclic) bond motifs is 2. The molecule has 0 aromatic heterocycles. The van der Waals surface area contributed by atoms with Crippen LogP contribution in [0.5, 0.6) is 17.2 Å². The third kappa shape index (κ3) is 2.81. The van der Waals surface area contributed by atoms with Crippen molar-refractivity contribution in [3.63, 3.8) is 0 Å². The van der Waals surface area contributed by atoms with Crippen LogP contribution in [-0.4, -0.2) is 32.4 Å². The predicted octanol–water partition coefficient (Wildman–Crippen LogP) is 4.83. The van der Waals surface area contributed by atoms with Gasteiger partial charge >= 0.3 is 0 Å². The Morgan fingerprint density at radius 3 is 1.73 bits per heavy atom. The second kappa shape index (κ2) is 7.91. The van der Waals surface area contributed by atoms with Crippen LogP contribution in [0.4, 0.5) is 5.69 Å². The molecule has 2 aliphatic carbocycles. The Hall–Kier alpha value is -2.60. The Balaban J connectivity index is 1.97. The van der Waals surface area contributed by atoms with Gasteiger partial charge in [-0.3, -0.25) is 0 Å². The number of methoxy groups -OCH3 is 3. The summed E-state index contributed by atoms with van der Waals surface area (Å²) in [5, 5.41) is 21.1. The first-order valence-corrected chi connectivity index (χ1v) is 11.0.